The summed E-state index contributed by atoms with van der Waals surface area (Å²) in [7, 11) is 0. The van der Waals surface area contributed by atoms with Crippen LogP contribution in [0.15, 0.2) is 0 Å². The summed E-state index contributed by atoms with van der Waals surface area (Å²) in [5.41, 5.74) is 5.49. The van der Waals surface area contributed by atoms with Crippen molar-refractivity contribution in [2.24, 2.45) is 5.73 Å². The fourth-order valence-corrected chi connectivity index (χ4v) is 2.28. The zero-order valence-corrected chi connectivity index (χ0v) is 12.1. The topological polar surface area (TPSA) is 86.9 Å². The third-order valence-corrected chi connectivity index (χ3v) is 3.32. The van der Waals surface area contributed by atoms with Gasteiger partial charge in [0.05, 0.1) is 6.42 Å². The minimum absolute atomic E-state index is 0.0268. The second-order valence-corrected chi connectivity index (χ2v) is 6.10. The van der Waals surface area contributed by atoms with E-state index in [1.54, 1.807) is 9.80 Å². The highest BCUT2D eigenvalue weighted by Gasteiger charge is 2.32. The van der Waals surface area contributed by atoms with Crippen molar-refractivity contribution >= 4 is 12.0 Å². The molecule has 1 fully saturated rings. The number of nitrogens with two attached hydrogens (primary N) is 1. The molecule has 0 spiro atoms. The van der Waals surface area contributed by atoms with Gasteiger partial charge in [-0.2, -0.15) is 0 Å². The molecule has 2 amide bonds. The zero-order chi connectivity index (χ0) is 14.6. The van der Waals surface area contributed by atoms with Crippen LogP contribution in [0, 0.1) is 0 Å². The van der Waals surface area contributed by atoms with Gasteiger partial charge >= 0.3 is 12.0 Å². The molecule has 6 heteroatoms. The highest BCUT2D eigenvalue weighted by atomic mass is 16.4. The molecule has 110 valence electrons. The summed E-state index contributed by atoms with van der Waals surface area (Å²) in [5, 5.41) is 8.79. The Morgan fingerprint density at radius 3 is 2.53 bits per heavy atom. The lowest BCUT2D eigenvalue weighted by Crippen LogP contribution is -2.56. The van der Waals surface area contributed by atoms with Gasteiger partial charge < -0.3 is 20.6 Å². The molecule has 1 aliphatic heterocycles. The fraction of sp³-hybridized carbons (Fsp3) is 0.846. The average molecular weight is 271 g/mol. The number of hydrogen-bond donors (Lipinski definition) is 2. The highest BCUT2D eigenvalue weighted by molar-refractivity contribution is 5.76. The quantitative estimate of drug-likeness (QED) is 0.805. The van der Waals surface area contributed by atoms with Crippen LogP contribution in [0.5, 0.6) is 0 Å². The van der Waals surface area contributed by atoms with Crippen LogP contribution in [-0.4, -0.2) is 58.1 Å². The maximum atomic E-state index is 12.5. The second kappa shape index (κ2) is 6.23. The van der Waals surface area contributed by atoms with Crippen LogP contribution in [0.25, 0.3) is 0 Å². The van der Waals surface area contributed by atoms with Crippen molar-refractivity contribution in [2.75, 3.05) is 19.6 Å². The molecule has 1 aliphatic rings. The van der Waals surface area contributed by atoms with E-state index in [-0.39, 0.29) is 25.0 Å². The number of carboxylic acid groups (broad SMARTS) is 1. The van der Waals surface area contributed by atoms with Crippen LogP contribution in [0.4, 0.5) is 4.79 Å². The third kappa shape index (κ3) is 4.70. The molecule has 19 heavy (non-hydrogen) atoms. The molecule has 0 aliphatic carbocycles. The summed E-state index contributed by atoms with van der Waals surface area (Å²) in [6.07, 6.45) is 1.81. The van der Waals surface area contributed by atoms with Gasteiger partial charge in [0.2, 0.25) is 0 Å². The summed E-state index contributed by atoms with van der Waals surface area (Å²) in [6, 6.07) is -0.0807. The van der Waals surface area contributed by atoms with Gasteiger partial charge in [0, 0.05) is 31.2 Å². The first kappa shape index (κ1) is 15.8. The number of carbonyl (C=O) groups is 2. The van der Waals surface area contributed by atoms with Gasteiger partial charge in [0.25, 0.3) is 0 Å². The Morgan fingerprint density at radius 1 is 1.42 bits per heavy atom. The molecule has 0 aromatic rings. The Labute approximate surface area is 114 Å². The van der Waals surface area contributed by atoms with Crippen LogP contribution in [0.1, 0.15) is 40.0 Å². The van der Waals surface area contributed by atoms with Crippen LogP contribution in [-0.2, 0) is 4.79 Å². The molecule has 3 N–H and O–H groups in total. The fourth-order valence-electron chi connectivity index (χ4n) is 2.28. The Balaban J connectivity index is 2.73. The minimum atomic E-state index is -0.891. The van der Waals surface area contributed by atoms with Crippen molar-refractivity contribution < 1.29 is 14.7 Å². The second-order valence-electron chi connectivity index (χ2n) is 6.10. The van der Waals surface area contributed by atoms with E-state index in [0.29, 0.717) is 13.1 Å². The molecule has 1 atom stereocenters. The Morgan fingerprint density at radius 2 is 2.05 bits per heavy atom. The van der Waals surface area contributed by atoms with E-state index in [0.717, 1.165) is 12.8 Å². The summed E-state index contributed by atoms with van der Waals surface area (Å²) in [4.78, 5) is 26.6. The van der Waals surface area contributed by atoms with E-state index < -0.39 is 11.5 Å². The standard InChI is InChI=1S/C13H25N3O3/c1-13(2,3)16(8-6-11(17)18)12(19)15-7-4-5-10(14)9-15/h10H,4-9,14H2,1-3H3,(H,17,18). The number of rotatable bonds is 3. The molecule has 0 saturated carbocycles. The predicted molar refractivity (Wildman–Crippen MR) is 72.9 cm³/mol. The van der Waals surface area contributed by atoms with E-state index >= 15 is 0 Å². The first-order valence-electron chi connectivity index (χ1n) is 6.75. The van der Waals surface area contributed by atoms with Crippen LogP contribution in [0.2, 0.25) is 0 Å². The summed E-state index contributed by atoms with van der Waals surface area (Å²) in [6.45, 7) is 7.22. The lowest BCUT2D eigenvalue weighted by Gasteiger charge is -2.41. The number of carboxylic acids is 1. The molecule has 6 nitrogen and oxygen atoms in total. The van der Waals surface area contributed by atoms with Gasteiger partial charge in [-0.3, -0.25) is 4.79 Å². The summed E-state index contributed by atoms with van der Waals surface area (Å²) >= 11 is 0. The van der Waals surface area contributed by atoms with Crippen molar-refractivity contribution in [1.29, 1.82) is 0 Å². The van der Waals surface area contributed by atoms with Gasteiger partial charge in [-0.05, 0) is 33.6 Å². The summed E-state index contributed by atoms with van der Waals surface area (Å²) < 4.78 is 0. The molecule has 0 aromatic carbocycles. The Bertz CT molecular complexity index is 339. The number of aliphatic carboxylic acids is 1. The van der Waals surface area contributed by atoms with Gasteiger partial charge in [-0.1, -0.05) is 0 Å². The lowest BCUT2D eigenvalue weighted by molar-refractivity contribution is -0.137. The van der Waals surface area contributed by atoms with E-state index in [4.69, 9.17) is 10.8 Å². The van der Waals surface area contributed by atoms with Crippen LogP contribution in [0.3, 0.4) is 0 Å². The molecule has 0 aromatic heterocycles. The van der Waals surface area contributed by atoms with Gasteiger partial charge in [-0.25, -0.2) is 4.79 Å². The molecule has 1 unspecified atom stereocenters. The summed E-state index contributed by atoms with van der Waals surface area (Å²) in [5.74, 6) is -0.891. The average Bonchev–Trinajstić information content (AvgIpc) is 2.26. The normalized spacial score (nSPS) is 20.2. The largest absolute Gasteiger partial charge is 0.481 e. The van der Waals surface area contributed by atoms with Gasteiger partial charge in [-0.15, -0.1) is 0 Å². The van der Waals surface area contributed by atoms with Crippen molar-refractivity contribution in [3.8, 4) is 0 Å². The predicted octanol–water partition coefficient (Wildman–Crippen LogP) is 1.10. The number of piperidine rings is 1. The maximum absolute atomic E-state index is 12.5. The molecule has 0 radical (unpaired) electrons. The smallest absolute Gasteiger partial charge is 0.320 e. The van der Waals surface area contributed by atoms with Gasteiger partial charge in [0.1, 0.15) is 0 Å². The molecule has 1 rings (SSSR count). The maximum Gasteiger partial charge on any atom is 0.320 e. The van der Waals surface area contributed by atoms with Crippen molar-refractivity contribution in [3.63, 3.8) is 0 Å². The number of nitrogens with zero attached hydrogens (tertiary/aromatic N) is 2. The van der Waals surface area contributed by atoms with Crippen LogP contribution >= 0.6 is 0 Å². The van der Waals surface area contributed by atoms with E-state index in [1.165, 1.54) is 0 Å². The van der Waals surface area contributed by atoms with E-state index in [2.05, 4.69) is 0 Å². The lowest BCUT2D eigenvalue weighted by atomic mass is 10.0. The Hall–Kier alpha value is -1.30. The van der Waals surface area contributed by atoms with Crippen LogP contribution < -0.4 is 5.73 Å². The Kier molecular flexibility index (Phi) is 5.17. The minimum Gasteiger partial charge on any atom is -0.481 e. The monoisotopic (exact) mass is 271 g/mol. The third-order valence-electron chi connectivity index (χ3n) is 3.32. The van der Waals surface area contributed by atoms with Gasteiger partial charge in [0.15, 0.2) is 0 Å². The number of hydrogen-bond acceptors (Lipinski definition) is 3. The first-order valence-corrected chi connectivity index (χ1v) is 6.75. The molecule has 1 saturated heterocycles. The number of urea groups is 1. The number of amides is 2. The SMILES string of the molecule is CC(C)(C)N(CCC(=O)O)C(=O)N1CCCC(N)C1. The van der Waals surface area contributed by atoms with E-state index in [9.17, 15) is 9.59 Å². The molecule has 1 heterocycles. The van der Waals surface area contributed by atoms with Crippen molar-refractivity contribution in [1.82, 2.24) is 9.80 Å². The van der Waals surface area contributed by atoms with Crippen molar-refractivity contribution in [3.05, 3.63) is 0 Å². The molecular weight excluding hydrogens is 246 g/mol. The highest BCUT2D eigenvalue weighted by Crippen LogP contribution is 2.19. The molecule has 0 bridgehead atoms. The van der Waals surface area contributed by atoms with E-state index in [1.807, 2.05) is 20.8 Å². The first-order chi connectivity index (χ1) is 8.71. The number of likely N-dealkylation sites (tertiary alicyclic amines) is 1. The zero-order valence-electron chi connectivity index (χ0n) is 12.1. The number of carbonyl (C=O) groups excluding carboxylic acids is 1. The van der Waals surface area contributed by atoms with Crippen molar-refractivity contribution in [2.45, 2.75) is 51.6 Å². The molecular formula is C13H25N3O3.